The van der Waals surface area contributed by atoms with Crippen molar-refractivity contribution in [3.8, 4) is 23.0 Å². The van der Waals surface area contributed by atoms with Gasteiger partial charge in [0.25, 0.3) is 0 Å². The average Bonchev–Trinajstić information content (AvgIpc) is 3.52. The van der Waals surface area contributed by atoms with Crippen LogP contribution < -0.4 is 9.47 Å². The summed E-state index contributed by atoms with van der Waals surface area (Å²) >= 11 is 0. The van der Waals surface area contributed by atoms with Gasteiger partial charge in [-0.2, -0.15) is 0 Å². The summed E-state index contributed by atoms with van der Waals surface area (Å²) < 4.78 is 12.9. The molecule has 0 unspecified atom stereocenters. The molecule has 4 bridgehead atoms. The van der Waals surface area contributed by atoms with Crippen LogP contribution in [0.3, 0.4) is 0 Å². The van der Waals surface area contributed by atoms with E-state index in [2.05, 4.69) is 36.0 Å². The number of aliphatic hydroxyl groups is 2. The van der Waals surface area contributed by atoms with Gasteiger partial charge in [0.15, 0.2) is 23.0 Å². The molecular formula is C35H38N2O6. The van der Waals surface area contributed by atoms with Crippen molar-refractivity contribution in [2.45, 2.75) is 79.4 Å². The van der Waals surface area contributed by atoms with Crippen LogP contribution in [0.2, 0.25) is 0 Å². The van der Waals surface area contributed by atoms with Crippen molar-refractivity contribution in [3.63, 3.8) is 0 Å². The number of piperidine rings is 2. The van der Waals surface area contributed by atoms with Crippen LogP contribution in [0.5, 0.6) is 23.0 Å². The highest BCUT2D eigenvalue weighted by atomic mass is 16.5. The second-order valence-electron chi connectivity index (χ2n) is 14.6. The Balaban J connectivity index is 1.16. The molecule has 8 aliphatic rings. The molecule has 0 radical (unpaired) electrons. The number of benzene rings is 2. The van der Waals surface area contributed by atoms with Crippen LogP contribution in [0.25, 0.3) is 0 Å². The van der Waals surface area contributed by atoms with Crippen molar-refractivity contribution in [2.24, 2.45) is 11.8 Å². The Kier molecular flexibility index (Phi) is 4.69. The summed E-state index contributed by atoms with van der Waals surface area (Å²) in [6, 6.07) is 4.32. The van der Waals surface area contributed by atoms with E-state index in [4.69, 9.17) is 9.47 Å². The molecule has 4 aliphatic heterocycles. The van der Waals surface area contributed by atoms with Gasteiger partial charge < -0.3 is 39.7 Å². The quantitative estimate of drug-likeness (QED) is 0.400. The van der Waals surface area contributed by atoms with Crippen LogP contribution in [0.4, 0.5) is 0 Å². The minimum Gasteiger partial charge on any atom is -0.504 e. The van der Waals surface area contributed by atoms with Gasteiger partial charge in [-0.1, -0.05) is 24.3 Å². The van der Waals surface area contributed by atoms with Crippen molar-refractivity contribution >= 4 is 0 Å². The Morgan fingerprint density at radius 2 is 1.16 bits per heavy atom. The summed E-state index contributed by atoms with van der Waals surface area (Å²) in [6.07, 6.45) is 9.97. The smallest absolute Gasteiger partial charge is 0.165 e. The van der Waals surface area contributed by atoms with Gasteiger partial charge in [0, 0.05) is 45.9 Å². The van der Waals surface area contributed by atoms with Crippen LogP contribution in [-0.4, -0.2) is 93.9 Å². The molecule has 0 aromatic heterocycles. The molecule has 0 amide bonds. The number of likely N-dealkylation sites (N-methyl/N-ethyl adjacent to an activating group) is 2. The maximum absolute atomic E-state index is 11.4. The first-order chi connectivity index (χ1) is 20.7. The number of phenolic OH excluding ortho intramolecular Hbond substituents is 2. The van der Waals surface area contributed by atoms with Crippen molar-refractivity contribution in [2.75, 3.05) is 27.2 Å². The van der Waals surface area contributed by atoms with Crippen LogP contribution >= 0.6 is 0 Å². The number of phenols is 2. The molecule has 2 spiro atoms. The van der Waals surface area contributed by atoms with Gasteiger partial charge in [0.2, 0.25) is 0 Å². The lowest BCUT2D eigenvalue weighted by atomic mass is 9.52. The topological polar surface area (TPSA) is 106 Å². The van der Waals surface area contributed by atoms with Gasteiger partial charge in [0.05, 0.1) is 0 Å². The molecule has 2 aromatic rings. The Bertz CT molecular complexity index is 1560. The summed E-state index contributed by atoms with van der Waals surface area (Å²) in [5.41, 5.74) is 6.08. The van der Waals surface area contributed by atoms with Crippen LogP contribution in [0, 0.1) is 11.8 Å². The van der Waals surface area contributed by atoms with Crippen molar-refractivity contribution in [3.05, 3.63) is 69.8 Å². The molecule has 4 aliphatic carbocycles. The Hall–Kier alpha value is -3.04. The van der Waals surface area contributed by atoms with Crippen molar-refractivity contribution in [1.82, 2.24) is 9.80 Å². The van der Waals surface area contributed by atoms with E-state index in [0.717, 1.165) is 61.0 Å². The molecule has 4 N–H and O–H groups in total. The molecule has 224 valence electrons. The lowest BCUT2D eigenvalue weighted by Crippen LogP contribution is -2.65. The molecule has 10 rings (SSSR count). The summed E-state index contributed by atoms with van der Waals surface area (Å²) in [5, 5.41) is 45.1. The fraction of sp³-hybridized carbons (Fsp3) is 0.543. The minimum absolute atomic E-state index is 0.138. The zero-order chi connectivity index (χ0) is 29.2. The lowest BCUT2D eigenvalue weighted by Gasteiger charge is -2.57. The number of ether oxygens (including phenoxy) is 2. The van der Waals surface area contributed by atoms with E-state index < -0.39 is 24.4 Å². The predicted octanol–water partition coefficient (Wildman–Crippen LogP) is 2.30. The van der Waals surface area contributed by atoms with Gasteiger partial charge in [0.1, 0.15) is 24.4 Å². The number of likely N-dealkylation sites (tertiary alicyclic amines) is 2. The highest BCUT2D eigenvalue weighted by molar-refractivity contribution is 5.67. The Morgan fingerprint density at radius 3 is 1.60 bits per heavy atom. The highest BCUT2D eigenvalue weighted by Gasteiger charge is 2.66. The molecule has 0 saturated carbocycles. The highest BCUT2D eigenvalue weighted by Crippen LogP contribution is 2.65. The molecule has 2 saturated heterocycles. The van der Waals surface area contributed by atoms with E-state index in [1.54, 1.807) is 0 Å². The first-order valence-electron chi connectivity index (χ1n) is 16.0. The molecule has 2 fully saturated rings. The molecule has 4 heterocycles. The Labute approximate surface area is 250 Å². The molecule has 10 atom stereocenters. The maximum atomic E-state index is 11.4. The molecule has 43 heavy (non-hydrogen) atoms. The first kappa shape index (κ1) is 25.3. The van der Waals surface area contributed by atoms with Gasteiger partial charge in [-0.15, -0.1) is 0 Å². The number of hydrogen-bond acceptors (Lipinski definition) is 8. The third kappa shape index (κ3) is 2.76. The van der Waals surface area contributed by atoms with E-state index in [0.29, 0.717) is 17.9 Å². The fourth-order valence-electron chi connectivity index (χ4n) is 11.3. The molecule has 2 aromatic carbocycles. The van der Waals surface area contributed by atoms with Gasteiger partial charge in [-0.05, 0) is 93.7 Å². The standard InChI is InChI=1S/C35H38N2O6/c1-36-9-7-34-20-3-5-24(38)32(34)42-30-26(40)12-16(18(28(30)34)14-22(20)36)11-17-13-27(41)31-29-19(17)15-23-21-4-6-25(39)33(43-31)35(21,29)8-10-37(23)2/h3-6,12-13,20-25,32-33,38-41H,7-11,14-15H2,1-2H3/t20-,21-,22+,23+,24-,25-,32-,33-,34-,35-/m0/s1. The molecule has 8 nitrogen and oxygen atoms in total. The third-order valence-corrected chi connectivity index (χ3v) is 13.1. The van der Waals surface area contributed by atoms with Gasteiger partial charge in [-0.3, -0.25) is 0 Å². The second-order valence-corrected chi connectivity index (χ2v) is 14.6. The van der Waals surface area contributed by atoms with E-state index in [9.17, 15) is 20.4 Å². The average molecular weight is 583 g/mol. The number of nitrogens with zero attached hydrogens (tertiary/aromatic N) is 2. The number of hydrogen-bond donors (Lipinski definition) is 4. The summed E-state index contributed by atoms with van der Waals surface area (Å²) in [4.78, 5) is 4.90. The SMILES string of the molecule is CN1CC[C@]23c4c5c(Cc6cc(O)c7c8c6C[C@@H]6[C@@H]9C=C[C@H](O)[C@H](O7)[C@]89CCN6C)cc(O)c4O[C@H]2[C@@H](O)C=C[C@H]3[C@H]1C5. The van der Waals surface area contributed by atoms with E-state index in [1.807, 2.05) is 24.3 Å². The van der Waals surface area contributed by atoms with E-state index in [1.165, 1.54) is 11.1 Å². The predicted molar refractivity (Wildman–Crippen MR) is 158 cm³/mol. The van der Waals surface area contributed by atoms with E-state index in [-0.39, 0.29) is 46.2 Å². The normalized spacial score (nSPS) is 42.3. The second kappa shape index (κ2) is 7.96. The summed E-state index contributed by atoms with van der Waals surface area (Å²) in [6.45, 7) is 1.85. The minimum atomic E-state index is -0.712. The fourth-order valence-corrected chi connectivity index (χ4v) is 11.3. The summed E-state index contributed by atoms with van der Waals surface area (Å²) in [7, 11) is 4.40. The lowest BCUT2D eigenvalue weighted by molar-refractivity contribution is -0.0454. The number of aromatic hydroxyl groups is 2. The Morgan fingerprint density at radius 1 is 0.721 bits per heavy atom. The van der Waals surface area contributed by atoms with Crippen LogP contribution in [0.1, 0.15) is 46.2 Å². The number of aliphatic hydroxyl groups excluding tert-OH is 2. The zero-order valence-corrected chi connectivity index (χ0v) is 24.5. The monoisotopic (exact) mass is 582 g/mol. The van der Waals surface area contributed by atoms with Crippen LogP contribution in [0.15, 0.2) is 36.4 Å². The zero-order valence-electron chi connectivity index (χ0n) is 24.5. The maximum Gasteiger partial charge on any atom is 0.165 e. The summed E-state index contributed by atoms with van der Waals surface area (Å²) in [5.74, 6) is 1.82. The van der Waals surface area contributed by atoms with Crippen molar-refractivity contribution in [1.29, 1.82) is 0 Å². The van der Waals surface area contributed by atoms with Gasteiger partial charge in [-0.25, -0.2) is 0 Å². The molecular weight excluding hydrogens is 544 g/mol. The third-order valence-electron chi connectivity index (χ3n) is 13.1. The first-order valence-corrected chi connectivity index (χ1v) is 16.0. The van der Waals surface area contributed by atoms with Crippen molar-refractivity contribution < 1.29 is 29.9 Å². The van der Waals surface area contributed by atoms with E-state index >= 15 is 0 Å². The van der Waals surface area contributed by atoms with Crippen LogP contribution in [-0.2, 0) is 30.1 Å². The molecule has 8 heteroatoms. The number of rotatable bonds is 2. The van der Waals surface area contributed by atoms with Gasteiger partial charge >= 0.3 is 0 Å². The largest absolute Gasteiger partial charge is 0.504 e.